The Morgan fingerprint density at radius 1 is 1.28 bits per heavy atom. The van der Waals surface area contributed by atoms with Crippen LogP contribution in [-0.4, -0.2) is 29.8 Å². The van der Waals surface area contributed by atoms with E-state index in [1.807, 2.05) is 12.1 Å². The topological polar surface area (TPSA) is 92.6 Å². The van der Waals surface area contributed by atoms with Gasteiger partial charge in [0.2, 0.25) is 5.91 Å². The molecule has 0 fully saturated rings. The van der Waals surface area contributed by atoms with E-state index in [9.17, 15) is 19.7 Å². The van der Waals surface area contributed by atoms with Gasteiger partial charge in [-0.1, -0.05) is 43.6 Å². The maximum atomic E-state index is 12.8. The molecule has 0 spiro atoms. The van der Waals surface area contributed by atoms with Gasteiger partial charge in [-0.2, -0.15) is 0 Å². The third-order valence-corrected chi connectivity index (χ3v) is 5.32. The Labute approximate surface area is 173 Å². The van der Waals surface area contributed by atoms with E-state index in [1.54, 1.807) is 4.90 Å². The zero-order valence-corrected chi connectivity index (χ0v) is 17.0. The van der Waals surface area contributed by atoms with Crippen molar-refractivity contribution in [2.24, 2.45) is 0 Å². The normalized spacial score (nSPS) is 13.2. The lowest BCUT2D eigenvalue weighted by atomic mass is 9.95. The van der Waals surface area contributed by atoms with E-state index < -0.39 is 16.5 Å². The second-order valence-corrected chi connectivity index (χ2v) is 7.67. The zero-order valence-electron chi connectivity index (χ0n) is 16.3. The number of nitro groups is 1. The number of carbonyl (C=O) groups is 2. The monoisotopic (exact) mass is 415 g/mol. The average Bonchev–Trinajstić information content (AvgIpc) is 2.70. The van der Waals surface area contributed by atoms with Crippen LogP contribution >= 0.6 is 11.6 Å². The predicted octanol–water partition coefficient (Wildman–Crippen LogP) is 4.08. The van der Waals surface area contributed by atoms with Crippen molar-refractivity contribution >= 4 is 34.8 Å². The van der Waals surface area contributed by atoms with E-state index in [2.05, 4.69) is 25.2 Å². The number of halogens is 1. The third-order valence-electron chi connectivity index (χ3n) is 5.01. The number of aryl methyl sites for hydroxylation is 1. The molecule has 2 aromatic carbocycles. The first-order chi connectivity index (χ1) is 13.8. The SMILES string of the molecule is CC(C)c1ccc2c(c1)CCCN2C(=O)CNC(=O)c1c(Cl)cccc1[N+](=O)[O-]. The predicted molar refractivity (Wildman–Crippen MR) is 112 cm³/mol. The second-order valence-electron chi connectivity index (χ2n) is 7.27. The fraction of sp³-hybridized carbons (Fsp3) is 0.333. The summed E-state index contributed by atoms with van der Waals surface area (Å²) in [6.45, 7) is 4.54. The van der Waals surface area contributed by atoms with Crippen molar-refractivity contribution in [3.05, 3.63) is 68.2 Å². The molecule has 3 rings (SSSR count). The van der Waals surface area contributed by atoms with Crippen LogP contribution in [0, 0.1) is 10.1 Å². The molecule has 0 bridgehead atoms. The molecule has 0 aliphatic carbocycles. The number of amides is 2. The fourth-order valence-electron chi connectivity index (χ4n) is 3.46. The van der Waals surface area contributed by atoms with Crippen molar-refractivity contribution < 1.29 is 14.5 Å². The van der Waals surface area contributed by atoms with Crippen LogP contribution in [0.3, 0.4) is 0 Å². The Hall–Kier alpha value is -2.93. The molecule has 7 nitrogen and oxygen atoms in total. The molecule has 29 heavy (non-hydrogen) atoms. The fourth-order valence-corrected chi connectivity index (χ4v) is 3.72. The van der Waals surface area contributed by atoms with Gasteiger partial charge in [0, 0.05) is 18.3 Å². The maximum absolute atomic E-state index is 12.8. The molecule has 0 aromatic heterocycles. The molecule has 0 saturated carbocycles. The molecule has 0 radical (unpaired) electrons. The first kappa shape index (κ1) is 20.8. The Balaban J connectivity index is 1.75. The number of hydrogen-bond donors (Lipinski definition) is 1. The highest BCUT2D eigenvalue weighted by Crippen LogP contribution is 2.30. The van der Waals surface area contributed by atoms with Crippen LogP contribution in [0.25, 0.3) is 0 Å². The summed E-state index contributed by atoms with van der Waals surface area (Å²) in [7, 11) is 0. The number of hydrogen-bond acceptors (Lipinski definition) is 4. The van der Waals surface area contributed by atoms with Crippen molar-refractivity contribution in [3.8, 4) is 0 Å². The minimum atomic E-state index is -0.747. The van der Waals surface area contributed by atoms with Gasteiger partial charge >= 0.3 is 0 Å². The molecule has 1 aliphatic heterocycles. The van der Waals surface area contributed by atoms with Crippen LogP contribution < -0.4 is 10.2 Å². The number of fused-ring (bicyclic) bond motifs is 1. The smallest absolute Gasteiger partial charge is 0.283 e. The van der Waals surface area contributed by atoms with Crippen LogP contribution in [0.5, 0.6) is 0 Å². The van der Waals surface area contributed by atoms with Crippen molar-refractivity contribution in [2.45, 2.75) is 32.6 Å². The van der Waals surface area contributed by atoms with Gasteiger partial charge in [0.1, 0.15) is 5.56 Å². The number of nitro benzene ring substituents is 1. The van der Waals surface area contributed by atoms with Crippen molar-refractivity contribution in [1.29, 1.82) is 0 Å². The van der Waals surface area contributed by atoms with Gasteiger partial charge in [-0.05, 0) is 42.0 Å². The van der Waals surface area contributed by atoms with Crippen LogP contribution in [0.4, 0.5) is 11.4 Å². The van der Waals surface area contributed by atoms with Gasteiger partial charge in [-0.15, -0.1) is 0 Å². The highest BCUT2D eigenvalue weighted by atomic mass is 35.5. The minimum absolute atomic E-state index is 0.0336. The van der Waals surface area contributed by atoms with Gasteiger partial charge in [0.15, 0.2) is 0 Å². The molecule has 8 heteroatoms. The third kappa shape index (κ3) is 4.40. The summed E-state index contributed by atoms with van der Waals surface area (Å²) < 4.78 is 0. The van der Waals surface area contributed by atoms with E-state index in [1.165, 1.54) is 23.8 Å². The lowest BCUT2D eigenvalue weighted by Gasteiger charge is -2.30. The van der Waals surface area contributed by atoms with Gasteiger partial charge in [-0.3, -0.25) is 19.7 Å². The first-order valence-corrected chi connectivity index (χ1v) is 9.81. The lowest BCUT2D eigenvalue weighted by Crippen LogP contribution is -2.42. The Morgan fingerprint density at radius 3 is 2.72 bits per heavy atom. The summed E-state index contributed by atoms with van der Waals surface area (Å²) in [5, 5.41) is 13.6. The van der Waals surface area contributed by atoms with Crippen molar-refractivity contribution in [3.63, 3.8) is 0 Å². The quantitative estimate of drug-likeness (QED) is 0.588. The lowest BCUT2D eigenvalue weighted by molar-refractivity contribution is -0.385. The highest BCUT2D eigenvalue weighted by Gasteiger charge is 2.26. The van der Waals surface area contributed by atoms with E-state index in [4.69, 9.17) is 11.6 Å². The first-order valence-electron chi connectivity index (χ1n) is 9.44. The van der Waals surface area contributed by atoms with E-state index in [-0.39, 0.29) is 23.0 Å². The summed E-state index contributed by atoms with van der Waals surface area (Å²) in [5.74, 6) is -0.619. The number of carbonyl (C=O) groups excluding carboxylic acids is 2. The molecule has 152 valence electrons. The van der Waals surface area contributed by atoms with Crippen LogP contribution in [-0.2, 0) is 11.2 Å². The molecular formula is C21H22ClN3O4. The number of anilines is 1. The summed E-state index contributed by atoms with van der Waals surface area (Å²) in [6.07, 6.45) is 1.74. The molecule has 2 amide bonds. The Kier molecular flexibility index (Phi) is 6.17. The van der Waals surface area contributed by atoms with Crippen molar-refractivity contribution in [1.82, 2.24) is 5.32 Å². The summed E-state index contributed by atoms with van der Waals surface area (Å²) in [4.78, 5) is 37.4. The average molecular weight is 416 g/mol. The minimum Gasteiger partial charge on any atom is -0.343 e. The number of nitrogens with zero attached hydrogens (tertiary/aromatic N) is 2. The summed E-state index contributed by atoms with van der Waals surface area (Å²) in [6, 6.07) is 10.1. The Bertz CT molecular complexity index is 974. The largest absolute Gasteiger partial charge is 0.343 e. The van der Waals surface area contributed by atoms with Crippen LogP contribution in [0.1, 0.15) is 47.7 Å². The Morgan fingerprint density at radius 2 is 2.03 bits per heavy atom. The van der Waals surface area contributed by atoms with Gasteiger partial charge in [-0.25, -0.2) is 0 Å². The molecule has 0 saturated heterocycles. The maximum Gasteiger partial charge on any atom is 0.283 e. The van der Waals surface area contributed by atoms with E-state index in [0.29, 0.717) is 12.5 Å². The molecular weight excluding hydrogens is 394 g/mol. The molecule has 0 unspecified atom stereocenters. The molecule has 0 atom stereocenters. The number of rotatable bonds is 5. The molecule has 1 N–H and O–H groups in total. The molecule has 1 aliphatic rings. The van der Waals surface area contributed by atoms with Crippen LogP contribution in [0.15, 0.2) is 36.4 Å². The van der Waals surface area contributed by atoms with Gasteiger partial charge < -0.3 is 10.2 Å². The summed E-state index contributed by atoms with van der Waals surface area (Å²) in [5.41, 5.74) is 2.55. The van der Waals surface area contributed by atoms with Crippen LogP contribution in [0.2, 0.25) is 5.02 Å². The van der Waals surface area contributed by atoms with E-state index in [0.717, 1.165) is 24.1 Å². The molecule has 1 heterocycles. The summed E-state index contributed by atoms with van der Waals surface area (Å²) >= 11 is 5.98. The van der Waals surface area contributed by atoms with Crippen molar-refractivity contribution in [2.75, 3.05) is 18.0 Å². The highest BCUT2D eigenvalue weighted by molar-refractivity contribution is 6.34. The van der Waals surface area contributed by atoms with E-state index >= 15 is 0 Å². The molecule has 2 aromatic rings. The number of nitrogens with one attached hydrogen (secondary N) is 1. The van der Waals surface area contributed by atoms with Gasteiger partial charge in [0.05, 0.1) is 16.5 Å². The number of benzene rings is 2. The second kappa shape index (κ2) is 8.61. The zero-order chi connectivity index (χ0) is 21.1. The van der Waals surface area contributed by atoms with Gasteiger partial charge in [0.25, 0.3) is 11.6 Å². The standard InChI is InChI=1S/C21H22ClN3O4/c1-13(2)14-8-9-17-15(11-14)5-4-10-24(17)19(26)12-23-21(27)20-16(22)6-3-7-18(20)25(28)29/h3,6-9,11,13H,4-5,10,12H2,1-2H3,(H,23,27).